The summed E-state index contributed by atoms with van der Waals surface area (Å²) in [4.78, 5) is 0. The highest BCUT2D eigenvalue weighted by Gasteiger charge is 2.11. The van der Waals surface area contributed by atoms with Crippen molar-refractivity contribution in [2.24, 2.45) is 0 Å². The quantitative estimate of drug-likeness (QED) is 0.778. The van der Waals surface area contributed by atoms with E-state index in [1.807, 2.05) is 24.4 Å². The Morgan fingerprint density at radius 3 is 3.07 bits per heavy atom. The summed E-state index contributed by atoms with van der Waals surface area (Å²) in [6.45, 7) is 2.56. The first kappa shape index (κ1) is 10.3. The van der Waals surface area contributed by atoms with Crippen molar-refractivity contribution in [2.75, 3.05) is 6.61 Å². The molecule has 74 valence electrons. The molecule has 4 heteroatoms. The molecule has 0 atom stereocenters. The summed E-state index contributed by atoms with van der Waals surface area (Å²) >= 11 is 11.3. The van der Waals surface area contributed by atoms with E-state index in [2.05, 4.69) is 15.9 Å². The van der Waals surface area contributed by atoms with Gasteiger partial charge in [-0.15, -0.1) is 11.3 Å². The van der Waals surface area contributed by atoms with Crippen LogP contribution < -0.4 is 4.74 Å². The fourth-order valence-corrected chi connectivity index (χ4v) is 3.32. The third-order valence-corrected chi connectivity index (χ3v) is 3.72. The predicted octanol–water partition coefficient (Wildman–Crippen LogP) is 4.72. The zero-order valence-electron chi connectivity index (χ0n) is 7.51. The molecule has 0 saturated heterocycles. The normalized spacial score (nSPS) is 10.8. The summed E-state index contributed by atoms with van der Waals surface area (Å²) in [7, 11) is 0. The Labute approximate surface area is 99.8 Å². The van der Waals surface area contributed by atoms with Gasteiger partial charge in [0.05, 0.1) is 16.1 Å². The molecular weight excluding hydrogens is 284 g/mol. The number of benzene rings is 1. The third-order valence-electron chi connectivity index (χ3n) is 1.89. The molecule has 0 aliphatic carbocycles. The van der Waals surface area contributed by atoms with Gasteiger partial charge in [0.15, 0.2) is 5.75 Å². The Morgan fingerprint density at radius 1 is 1.57 bits per heavy atom. The second kappa shape index (κ2) is 4.09. The van der Waals surface area contributed by atoms with Crippen LogP contribution in [0.25, 0.3) is 10.1 Å². The Morgan fingerprint density at radius 2 is 2.36 bits per heavy atom. The van der Waals surface area contributed by atoms with Crippen molar-refractivity contribution in [2.45, 2.75) is 6.92 Å². The molecule has 0 bridgehead atoms. The Bertz CT molecular complexity index is 466. The summed E-state index contributed by atoms with van der Waals surface area (Å²) in [6.07, 6.45) is 0. The maximum Gasteiger partial charge on any atom is 0.152 e. The van der Waals surface area contributed by atoms with E-state index in [1.165, 1.54) is 4.70 Å². The van der Waals surface area contributed by atoms with Crippen LogP contribution in [0, 0.1) is 0 Å². The highest BCUT2D eigenvalue weighted by atomic mass is 79.9. The standard InChI is InChI=1S/C10H8BrClOS/c1-2-13-10-7(11)5-8-6(9(10)12)3-4-14-8/h3-5H,2H2,1H3. The lowest BCUT2D eigenvalue weighted by Gasteiger charge is -2.08. The molecule has 1 aromatic heterocycles. The minimum Gasteiger partial charge on any atom is -0.491 e. The van der Waals surface area contributed by atoms with Crippen LogP contribution in [0.4, 0.5) is 0 Å². The minimum atomic E-state index is 0.619. The molecule has 0 fully saturated rings. The first-order chi connectivity index (χ1) is 6.74. The van der Waals surface area contributed by atoms with E-state index in [9.17, 15) is 0 Å². The maximum absolute atomic E-state index is 6.22. The van der Waals surface area contributed by atoms with Gasteiger partial charge in [-0.05, 0) is 40.4 Å². The molecule has 2 rings (SSSR count). The van der Waals surface area contributed by atoms with E-state index >= 15 is 0 Å². The molecule has 1 nitrogen and oxygen atoms in total. The van der Waals surface area contributed by atoms with Gasteiger partial charge in [0.25, 0.3) is 0 Å². The largest absolute Gasteiger partial charge is 0.491 e. The van der Waals surface area contributed by atoms with Crippen molar-refractivity contribution in [1.29, 1.82) is 0 Å². The third kappa shape index (κ3) is 1.64. The van der Waals surface area contributed by atoms with E-state index in [0.717, 1.165) is 15.6 Å². The second-order valence-corrected chi connectivity index (χ2v) is 4.95. The maximum atomic E-state index is 6.22. The van der Waals surface area contributed by atoms with Crippen LogP contribution in [0.2, 0.25) is 5.02 Å². The van der Waals surface area contributed by atoms with E-state index in [-0.39, 0.29) is 0 Å². The zero-order chi connectivity index (χ0) is 10.1. The van der Waals surface area contributed by atoms with Crippen LogP contribution in [0.5, 0.6) is 5.75 Å². The number of thiophene rings is 1. The van der Waals surface area contributed by atoms with Gasteiger partial charge in [-0.3, -0.25) is 0 Å². The minimum absolute atomic E-state index is 0.619. The lowest BCUT2D eigenvalue weighted by Crippen LogP contribution is -1.93. The Kier molecular flexibility index (Phi) is 3.00. The number of rotatable bonds is 2. The van der Waals surface area contributed by atoms with E-state index < -0.39 is 0 Å². The average Bonchev–Trinajstić information content (AvgIpc) is 2.60. The highest BCUT2D eigenvalue weighted by molar-refractivity contribution is 9.10. The number of halogens is 2. The van der Waals surface area contributed by atoms with Gasteiger partial charge in [-0.2, -0.15) is 0 Å². The highest BCUT2D eigenvalue weighted by Crippen LogP contribution is 2.41. The summed E-state index contributed by atoms with van der Waals surface area (Å²) < 4.78 is 7.56. The lowest BCUT2D eigenvalue weighted by atomic mass is 10.2. The summed E-state index contributed by atoms with van der Waals surface area (Å²) in [5.74, 6) is 0.736. The molecule has 0 amide bonds. The van der Waals surface area contributed by atoms with E-state index in [4.69, 9.17) is 16.3 Å². The van der Waals surface area contributed by atoms with E-state index in [0.29, 0.717) is 11.6 Å². The molecule has 0 saturated carbocycles. The molecule has 1 aromatic carbocycles. The van der Waals surface area contributed by atoms with Crippen molar-refractivity contribution in [3.05, 3.63) is 27.0 Å². The summed E-state index contributed by atoms with van der Waals surface area (Å²) in [5, 5.41) is 3.78. The van der Waals surface area contributed by atoms with Crippen molar-refractivity contribution in [3.8, 4) is 5.75 Å². The number of ether oxygens (including phenoxy) is 1. The van der Waals surface area contributed by atoms with Crippen molar-refractivity contribution in [1.82, 2.24) is 0 Å². The first-order valence-corrected chi connectivity index (χ1v) is 6.27. The number of fused-ring (bicyclic) bond motifs is 1. The van der Waals surface area contributed by atoms with Crippen LogP contribution in [0.1, 0.15) is 6.92 Å². The van der Waals surface area contributed by atoms with Crippen molar-refractivity contribution in [3.63, 3.8) is 0 Å². The van der Waals surface area contributed by atoms with Gasteiger partial charge in [-0.25, -0.2) is 0 Å². The Balaban J connectivity index is 2.69. The van der Waals surface area contributed by atoms with Gasteiger partial charge in [0.2, 0.25) is 0 Å². The summed E-state index contributed by atoms with van der Waals surface area (Å²) in [5.41, 5.74) is 0. The van der Waals surface area contributed by atoms with Gasteiger partial charge in [0, 0.05) is 10.1 Å². The van der Waals surface area contributed by atoms with Crippen LogP contribution >= 0.6 is 38.9 Å². The van der Waals surface area contributed by atoms with Crippen LogP contribution in [0.15, 0.2) is 22.0 Å². The predicted molar refractivity (Wildman–Crippen MR) is 65.7 cm³/mol. The van der Waals surface area contributed by atoms with Gasteiger partial charge in [-0.1, -0.05) is 11.6 Å². The average molecular weight is 292 g/mol. The van der Waals surface area contributed by atoms with Crippen molar-refractivity contribution >= 4 is 49.0 Å². The number of hydrogen-bond acceptors (Lipinski definition) is 2. The van der Waals surface area contributed by atoms with Crippen LogP contribution in [0.3, 0.4) is 0 Å². The fourth-order valence-electron chi connectivity index (χ4n) is 1.30. The van der Waals surface area contributed by atoms with Crippen LogP contribution in [-0.2, 0) is 0 Å². The molecular formula is C10H8BrClOS. The monoisotopic (exact) mass is 290 g/mol. The topological polar surface area (TPSA) is 9.23 Å². The SMILES string of the molecule is CCOc1c(Br)cc2sccc2c1Cl. The molecule has 0 unspecified atom stereocenters. The molecule has 2 aromatic rings. The smallest absolute Gasteiger partial charge is 0.152 e. The summed E-state index contributed by atoms with van der Waals surface area (Å²) in [6, 6.07) is 4.05. The fraction of sp³-hybridized carbons (Fsp3) is 0.200. The molecule has 14 heavy (non-hydrogen) atoms. The van der Waals surface area contributed by atoms with E-state index in [1.54, 1.807) is 11.3 Å². The molecule has 0 radical (unpaired) electrons. The van der Waals surface area contributed by atoms with Crippen molar-refractivity contribution < 1.29 is 4.74 Å². The molecule has 0 aliphatic heterocycles. The van der Waals surface area contributed by atoms with Gasteiger partial charge >= 0.3 is 0 Å². The second-order valence-electron chi connectivity index (χ2n) is 2.77. The number of hydrogen-bond donors (Lipinski definition) is 0. The van der Waals surface area contributed by atoms with Gasteiger partial charge < -0.3 is 4.74 Å². The Hall–Kier alpha value is -0.250. The molecule has 0 spiro atoms. The molecule has 1 heterocycles. The first-order valence-electron chi connectivity index (χ1n) is 4.22. The molecule has 0 aliphatic rings. The zero-order valence-corrected chi connectivity index (χ0v) is 10.7. The van der Waals surface area contributed by atoms with Crippen LogP contribution in [-0.4, -0.2) is 6.61 Å². The van der Waals surface area contributed by atoms with Gasteiger partial charge in [0.1, 0.15) is 0 Å². The molecule has 0 N–H and O–H groups in total. The lowest BCUT2D eigenvalue weighted by molar-refractivity contribution is 0.339.